The lowest BCUT2D eigenvalue weighted by atomic mass is 9.85. The minimum Gasteiger partial charge on any atom is -0.296 e. The Bertz CT molecular complexity index is 268. The van der Waals surface area contributed by atoms with Gasteiger partial charge in [0, 0.05) is 12.6 Å². The van der Waals surface area contributed by atoms with Crippen LogP contribution in [0.15, 0.2) is 30.3 Å². The highest BCUT2D eigenvalue weighted by Gasteiger charge is 2.34. The van der Waals surface area contributed by atoms with E-state index in [1.165, 1.54) is 18.7 Å². The molecular formula is C12H17N. The Balaban J connectivity index is 2.16. The molecule has 1 aromatic carbocycles. The van der Waals surface area contributed by atoms with Crippen molar-refractivity contribution < 1.29 is 0 Å². The Morgan fingerprint density at radius 3 is 2.54 bits per heavy atom. The average molecular weight is 175 g/mol. The molecule has 2 rings (SSSR count). The van der Waals surface area contributed by atoms with Crippen molar-refractivity contribution in [3.8, 4) is 0 Å². The van der Waals surface area contributed by atoms with E-state index in [9.17, 15) is 0 Å². The van der Waals surface area contributed by atoms with Gasteiger partial charge in [0.05, 0.1) is 0 Å². The molecule has 1 heteroatoms. The van der Waals surface area contributed by atoms with Gasteiger partial charge in [-0.05, 0) is 18.0 Å². The minimum atomic E-state index is 0.672. The molecule has 13 heavy (non-hydrogen) atoms. The summed E-state index contributed by atoms with van der Waals surface area (Å²) in [6.07, 6.45) is 0. The topological polar surface area (TPSA) is 3.24 Å². The molecule has 0 spiro atoms. The lowest BCUT2D eigenvalue weighted by Gasteiger charge is -2.46. The average Bonchev–Trinajstić information content (AvgIpc) is 2.15. The van der Waals surface area contributed by atoms with Crippen molar-refractivity contribution in [3.63, 3.8) is 0 Å². The maximum atomic E-state index is 2.53. The fourth-order valence-corrected chi connectivity index (χ4v) is 2.32. The molecule has 0 aromatic heterocycles. The van der Waals surface area contributed by atoms with Gasteiger partial charge in [-0.15, -0.1) is 0 Å². The third-order valence-corrected chi connectivity index (χ3v) is 3.00. The van der Waals surface area contributed by atoms with E-state index in [0.717, 1.165) is 5.92 Å². The van der Waals surface area contributed by atoms with Gasteiger partial charge >= 0.3 is 0 Å². The Morgan fingerprint density at radius 1 is 1.31 bits per heavy atom. The van der Waals surface area contributed by atoms with Crippen LogP contribution >= 0.6 is 0 Å². The molecule has 0 saturated carbocycles. The summed E-state index contributed by atoms with van der Waals surface area (Å²) in [7, 11) is 0. The van der Waals surface area contributed by atoms with Crippen molar-refractivity contribution in [1.82, 2.24) is 4.90 Å². The SMILES string of the molecule is CCN1CC(C)C1c1ccccc1. The van der Waals surface area contributed by atoms with Crippen LogP contribution in [0.25, 0.3) is 0 Å². The molecule has 1 saturated heterocycles. The summed E-state index contributed by atoms with van der Waals surface area (Å²) in [5, 5.41) is 0. The molecule has 2 atom stereocenters. The summed E-state index contributed by atoms with van der Waals surface area (Å²) in [6, 6.07) is 11.5. The fraction of sp³-hybridized carbons (Fsp3) is 0.500. The molecule has 1 aromatic rings. The third-order valence-electron chi connectivity index (χ3n) is 3.00. The van der Waals surface area contributed by atoms with Gasteiger partial charge < -0.3 is 0 Å². The van der Waals surface area contributed by atoms with E-state index in [-0.39, 0.29) is 0 Å². The zero-order valence-corrected chi connectivity index (χ0v) is 8.40. The molecule has 0 N–H and O–H groups in total. The number of hydrogen-bond acceptors (Lipinski definition) is 1. The molecular weight excluding hydrogens is 158 g/mol. The van der Waals surface area contributed by atoms with Gasteiger partial charge in [-0.1, -0.05) is 44.2 Å². The van der Waals surface area contributed by atoms with Crippen LogP contribution in [-0.4, -0.2) is 18.0 Å². The van der Waals surface area contributed by atoms with Crippen molar-refractivity contribution in [2.45, 2.75) is 19.9 Å². The van der Waals surface area contributed by atoms with Crippen molar-refractivity contribution in [2.75, 3.05) is 13.1 Å². The zero-order valence-electron chi connectivity index (χ0n) is 8.40. The second-order valence-corrected chi connectivity index (χ2v) is 3.92. The number of nitrogens with zero attached hydrogens (tertiary/aromatic N) is 1. The van der Waals surface area contributed by atoms with E-state index < -0.39 is 0 Å². The smallest absolute Gasteiger partial charge is 0.0385 e. The predicted octanol–water partition coefficient (Wildman–Crippen LogP) is 2.70. The number of likely N-dealkylation sites (tertiary alicyclic amines) is 1. The number of benzene rings is 1. The number of rotatable bonds is 2. The third kappa shape index (κ3) is 1.49. The van der Waals surface area contributed by atoms with Gasteiger partial charge in [-0.3, -0.25) is 4.90 Å². The molecule has 1 aliphatic rings. The Hall–Kier alpha value is -0.820. The largest absolute Gasteiger partial charge is 0.296 e. The van der Waals surface area contributed by atoms with E-state index >= 15 is 0 Å². The summed E-state index contributed by atoms with van der Waals surface area (Å²) in [6.45, 7) is 7.01. The first-order valence-corrected chi connectivity index (χ1v) is 5.12. The molecule has 1 aliphatic heterocycles. The van der Waals surface area contributed by atoms with E-state index in [4.69, 9.17) is 0 Å². The molecule has 1 nitrogen and oxygen atoms in total. The first-order chi connectivity index (χ1) is 6.33. The molecule has 0 amide bonds. The highest BCUT2D eigenvalue weighted by atomic mass is 15.2. The summed E-state index contributed by atoms with van der Waals surface area (Å²) in [4.78, 5) is 2.53. The molecule has 70 valence electrons. The van der Waals surface area contributed by atoms with Gasteiger partial charge in [0.25, 0.3) is 0 Å². The van der Waals surface area contributed by atoms with Crippen molar-refractivity contribution in [1.29, 1.82) is 0 Å². The van der Waals surface area contributed by atoms with Crippen LogP contribution < -0.4 is 0 Å². The van der Waals surface area contributed by atoms with Crippen LogP contribution in [0.5, 0.6) is 0 Å². The van der Waals surface area contributed by atoms with Crippen molar-refractivity contribution in [3.05, 3.63) is 35.9 Å². The van der Waals surface area contributed by atoms with E-state index in [0.29, 0.717) is 6.04 Å². The van der Waals surface area contributed by atoms with Gasteiger partial charge in [-0.25, -0.2) is 0 Å². The lowest BCUT2D eigenvalue weighted by Crippen LogP contribution is -2.47. The normalized spacial score (nSPS) is 28.5. The minimum absolute atomic E-state index is 0.672. The standard InChI is InChI=1S/C12H17N/c1-3-13-9-10(2)12(13)11-7-5-4-6-8-11/h4-8,10,12H,3,9H2,1-2H3. The number of hydrogen-bond donors (Lipinski definition) is 0. The lowest BCUT2D eigenvalue weighted by molar-refractivity contribution is 0.0299. The van der Waals surface area contributed by atoms with Gasteiger partial charge in [-0.2, -0.15) is 0 Å². The summed E-state index contributed by atoms with van der Waals surface area (Å²) < 4.78 is 0. The molecule has 2 unspecified atom stereocenters. The van der Waals surface area contributed by atoms with Gasteiger partial charge in [0.2, 0.25) is 0 Å². The molecule has 0 radical (unpaired) electrons. The maximum Gasteiger partial charge on any atom is 0.0385 e. The summed E-state index contributed by atoms with van der Waals surface area (Å²) in [5.74, 6) is 0.822. The van der Waals surface area contributed by atoms with Crippen molar-refractivity contribution in [2.24, 2.45) is 5.92 Å². The Kier molecular flexibility index (Phi) is 2.36. The van der Waals surface area contributed by atoms with Crippen LogP contribution in [0.3, 0.4) is 0 Å². The van der Waals surface area contributed by atoms with Crippen molar-refractivity contribution >= 4 is 0 Å². The van der Waals surface area contributed by atoms with E-state index in [1.54, 1.807) is 0 Å². The highest BCUT2D eigenvalue weighted by molar-refractivity contribution is 5.22. The second-order valence-electron chi connectivity index (χ2n) is 3.92. The van der Waals surface area contributed by atoms with Crippen LogP contribution in [0.2, 0.25) is 0 Å². The quantitative estimate of drug-likeness (QED) is 0.668. The maximum absolute atomic E-state index is 2.53. The van der Waals surface area contributed by atoms with Crippen LogP contribution in [0, 0.1) is 5.92 Å². The monoisotopic (exact) mass is 175 g/mol. The van der Waals surface area contributed by atoms with Gasteiger partial charge in [0.15, 0.2) is 0 Å². The van der Waals surface area contributed by atoms with Gasteiger partial charge in [0.1, 0.15) is 0 Å². The van der Waals surface area contributed by atoms with E-state index in [1.807, 2.05) is 0 Å². The fourth-order valence-electron chi connectivity index (χ4n) is 2.32. The molecule has 0 aliphatic carbocycles. The molecule has 1 heterocycles. The second kappa shape index (κ2) is 3.51. The first-order valence-electron chi connectivity index (χ1n) is 5.12. The first kappa shape index (κ1) is 8.76. The summed E-state index contributed by atoms with van der Waals surface area (Å²) in [5.41, 5.74) is 1.48. The van der Waals surface area contributed by atoms with E-state index in [2.05, 4.69) is 49.1 Å². The highest BCUT2D eigenvalue weighted by Crippen LogP contribution is 2.37. The van der Waals surface area contributed by atoms with Crippen LogP contribution in [0.4, 0.5) is 0 Å². The summed E-state index contributed by atoms with van der Waals surface area (Å²) >= 11 is 0. The Labute approximate surface area is 80.4 Å². The van der Waals surface area contributed by atoms with Crippen LogP contribution in [-0.2, 0) is 0 Å². The predicted molar refractivity (Wildman–Crippen MR) is 55.6 cm³/mol. The Morgan fingerprint density at radius 2 is 2.00 bits per heavy atom. The molecule has 1 fully saturated rings. The zero-order chi connectivity index (χ0) is 9.26. The molecule has 0 bridgehead atoms. The van der Waals surface area contributed by atoms with Crippen LogP contribution in [0.1, 0.15) is 25.5 Å².